The largest absolute Gasteiger partial charge is 0.324 e. The quantitative estimate of drug-likeness (QED) is 0.874. The van der Waals surface area contributed by atoms with E-state index in [1.807, 2.05) is 0 Å². The first-order valence-electron chi connectivity index (χ1n) is 6.60. The number of carbonyl (C=O) groups excluding carboxylic acids is 1. The van der Waals surface area contributed by atoms with Crippen LogP contribution >= 0.6 is 11.6 Å². The molecular formula is C14H14ClF3N4O. The first-order valence-corrected chi connectivity index (χ1v) is 6.98. The molecule has 0 fully saturated rings. The average molecular weight is 347 g/mol. The van der Waals surface area contributed by atoms with E-state index in [-0.39, 0.29) is 29.6 Å². The Balaban J connectivity index is 1.93. The summed E-state index contributed by atoms with van der Waals surface area (Å²) in [6.45, 7) is -2.68. The van der Waals surface area contributed by atoms with Crippen molar-refractivity contribution in [3.05, 3.63) is 47.3 Å². The fourth-order valence-corrected chi connectivity index (χ4v) is 2.18. The molecule has 124 valence electrons. The topological polar surface area (TPSA) is 50.2 Å². The minimum atomic E-state index is -2.69. The van der Waals surface area contributed by atoms with Crippen LogP contribution in [0.3, 0.4) is 0 Å². The zero-order valence-corrected chi connectivity index (χ0v) is 12.9. The van der Waals surface area contributed by atoms with Crippen molar-refractivity contribution in [3.63, 3.8) is 0 Å². The summed E-state index contributed by atoms with van der Waals surface area (Å²) in [4.78, 5) is 17.3. The summed E-state index contributed by atoms with van der Waals surface area (Å²) in [6, 6.07) is 3.60. The normalized spacial score (nSPS) is 11.3. The molecule has 0 aliphatic rings. The number of anilines is 1. The highest BCUT2D eigenvalue weighted by Crippen LogP contribution is 2.22. The third-order valence-electron chi connectivity index (χ3n) is 2.99. The number of rotatable bonds is 6. The number of amides is 1. The van der Waals surface area contributed by atoms with E-state index < -0.39 is 18.3 Å². The van der Waals surface area contributed by atoms with Crippen molar-refractivity contribution in [2.75, 3.05) is 18.9 Å². The molecule has 1 heterocycles. The first-order chi connectivity index (χ1) is 10.9. The number of halogens is 4. The minimum Gasteiger partial charge on any atom is -0.324 e. The summed E-state index contributed by atoms with van der Waals surface area (Å²) in [6.07, 6.45) is 2.44. The Kier molecular flexibility index (Phi) is 5.62. The SMILES string of the molecule is CN(CC(=O)Nc1ccc(F)cc1Cl)Cc1nccn1C(F)F. The second kappa shape index (κ2) is 7.47. The Bertz CT molecular complexity index is 692. The molecular weight excluding hydrogens is 333 g/mol. The molecule has 0 aliphatic carbocycles. The molecule has 0 bridgehead atoms. The number of nitrogens with one attached hydrogen (secondary N) is 1. The number of imidazole rings is 1. The number of nitrogens with zero attached hydrogens (tertiary/aromatic N) is 3. The van der Waals surface area contributed by atoms with E-state index >= 15 is 0 Å². The predicted molar refractivity (Wildman–Crippen MR) is 79.9 cm³/mol. The Labute approximate surface area is 135 Å². The van der Waals surface area contributed by atoms with Gasteiger partial charge in [0.15, 0.2) is 0 Å². The second-order valence-electron chi connectivity index (χ2n) is 4.87. The number of alkyl halides is 2. The summed E-state index contributed by atoms with van der Waals surface area (Å²) in [5, 5.41) is 2.61. The van der Waals surface area contributed by atoms with Crippen LogP contribution in [0.4, 0.5) is 18.9 Å². The van der Waals surface area contributed by atoms with Gasteiger partial charge in [-0.1, -0.05) is 11.6 Å². The predicted octanol–water partition coefficient (Wildman–Crippen LogP) is 3.14. The highest BCUT2D eigenvalue weighted by atomic mass is 35.5. The molecule has 0 spiro atoms. The molecule has 2 rings (SSSR count). The second-order valence-corrected chi connectivity index (χ2v) is 5.28. The van der Waals surface area contributed by atoms with Gasteiger partial charge in [0.25, 0.3) is 0 Å². The van der Waals surface area contributed by atoms with Crippen molar-refractivity contribution in [1.29, 1.82) is 0 Å². The van der Waals surface area contributed by atoms with E-state index in [2.05, 4.69) is 10.3 Å². The van der Waals surface area contributed by atoms with E-state index in [9.17, 15) is 18.0 Å². The fourth-order valence-electron chi connectivity index (χ4n) is 1.97. The van der Waals surface area contributed by atoms with Gasteiger partial charge in [0.2, 0.25) is 5.91 Å². The molecule has 2 aromatic rings. The molecule has 0 radical (unpaired) electrons. The van der Waals surface area contributed by atoms with Crippen LogP contribution in [0.5, 0.6) is 0 Å². The van der Waals surface area contributed by atoms with Crippen molar-refractivity contribution in [3.8, 4) is 0 Å². The summed E-state index contributed by atoms with van der Waals surface area (Å²) >= 11 is 5.82. The van der Waals surface area contributed by atoms with Gasteiger partial charge in [-0.2, -0.15) is 8.78 Å². The maximum Gasteiger partial charge on any atom is 0.319 e. The minimum absolute atomic E-state index is 0.0657. The number of benzene rings is 1. The zero-order chi connectivity index (χ0) is 17.0. The van der Waals surface area contributed by atoms with Crippen molar-refractivity contribution < 1.29 is 18.0 Å². The summed E-state index contributed by atoms with van der Waals surface area (Å²) < 4.78 is 39.1. The summed E-state index contributed by atoms with van der Waals surface area (Å²) in [7, 11) is 1.59. The molecule has 5 nitrogen and oxygen atoms in total. The molecule has 0 saturated heterocycles. The smallest absolute Gasteiger partial charge is 0.319 e. The Morgan fingerprint density at radius 2 is 2.22 bits per heavy atom. The van der Waals surface area contributed by atoms with Crippen LogP contribution < -0.4 is 5.32 Å². The maximum absolute atomic E-state index is 12.9. The number of hydrogen-bond acceptors (Lipinski definition) is 3. The van der Waals surface area contributed by atoms with Gasteiger partial charge < -0.3 is 5.32 Å². The summed E-state index contributed by atoms with van der Waals surface area (Å²) in [5.74, 6) is -0.768. The molecule has 23 heavy (non-hydrogen) atoms. The van der Waals surface area contributed by atoms with E-state index in [0.29, 0.717) is 0 Å². The van der Waals surface area contributed by atoms with Gasteiger partial charge >= 0.3 is 6.55 Å². The van der Waals surface area contributed by atoms with E-state index in [4.69, 9.17) is 11.6 Å². The average Bonchev–Trinajstić information content (AvgIpc) is 2.90. The standard InChI is InChI=1S/C14H14ClF3N4O/c1-21(7-12-19-4-5-22(12)14(17)18)8-13(23)20-11-3-2-9(16)6-10(11)15/h2-6,14H,7-8H2,1H3,(H,20,23). The molecule has 0 unspecified atom stereocenters. The van der Waals surface area contributed by atoms with Gasteiger partial charge in [0.05, 0.1) is 23.8 Å². The van der Waals surface area contributed by atoms with Crippen LogP contribution in [0.15, 0.2) is 30.6 Å². The van der Waals surface area contributed by atoms with Crippen LogP contribution in [0.1, 0.15) is 12.4 Å². The van der Waals surface area contributed by atoms with E-state index in [1.54, 1.807) is 7.05 Å². The Morgan fingerprint density at radius 1 is 1.48 bits per heavy atom. The number of hydrogen-bond donors (Lipinski definition) is 1. The van der Waals surface area contributed by atoms with Crippen molar-refractivity contribution in [2.45, 2.75) is 13.1 Å². The fraction of sp³-hybridized carbons (Fsp3) is 0.286. The van der Waals surface area contributed by atoms with Crippen LogP contribution in [-0.2, 0) is 11.3 Å². The third kappa shape index (κ3) is 4.70. The number of likely N-dealkylation sites (N-methyl/N-ethyl adjacent to an activating group) is 1. The zero-order valence-electron chi connectivity index (χ0n) is 12.1. The van der Waals surface area contributed by atoms with Gasteiger partial charge in [-0.3, -0.25) is 14.3 Å². The lowest BCUT2D eigenvalue weighted by Gasteiger charge is -2.17. The van der Waals surface area contributed by atoms with E-state index in [0.717, 1.165) is 10.6 Å². The monoisotopic (exact) mass is 346 g/mol. The molecule has 9 heteroatoms. The van der Waals surface area contributed by atoms with Gasteiger partial charge in [-0.05, 0) is 25.2 Å². The lowest BCUT2D eigenvalue weighted by Crippen LogP contribution is -2.30. The Hall–Kier alpha value is -2.06. The number of aromatic nitrogens is 2. The molecule has 0 atom stereocenters. The highest BCUT2D eigenvalue weighted by Gasteiger charge is 2.15. The van der Waals surface area contributed by atoms with Crippen molar-refractivity contribution in [2.24, 2.45) is 0 Å². The molecule has 1 aromatic heterocycles. The van der Waals surface area contributed by atoms with Gasteiger partial charge in [-0.15, -0.1) is 0 Å². The van der Waals surface area contributed by atoms with Crippen LogP contribution in [0, 0.1) is 5.82 Å². The van der Waals surface area contributed by atoms with Crippen molar-refractivity contribution >= 4 is 23.2 Å². The van der Waals surface area contributed by atoms with Gasteiger partial charge in [0, 0.05) is 12.4 Å². The summed E-state index contributed by atoms with van der Waals surface area (Å²) in [5.41, 5.74) is 0.278. The van der Waals surface area contributed by atoms with Gasteiger partial charge in [-0.25, -0.2) is 9.37 Å². The molecule has 1 N–H and O–H groups in total. The van der Waals surface area contributed by atoms with Crippen LogP contribution in [0.25, 0.3) is 0 Å². The third-order valence-corrected chi connectivity index (χ3v) is 3.30. The van der Waals surface area contributed by atoms with Crippen LogP contribution in [0.2, 0.25) is 5.02 Å². The lowest BCUT2D eigenvalue weighted by molar-refractivity contribution is -0.117. The molecule has 1 amide bonds. The van der Waals surface area contributed by atoms with Gasteiger partial charge in [0.1, 0.15) is 11.6 Å². The lowest BCUT2D eigenvalue weighted by atomic mass is 10.3. The molecule has 1 aromatic carbocycles. The number of carbonyl (C=O) groups is 1. The highest BCUT2D eigenvalue weighted by molar-refractivity contribution is 6.33. The Morgan fingerprint density at radius 3 is 2.87 bits per heavy atom. The molecule has 0 saturated carbocycles. The van der Waals surface area contributed by atoms with Crippen LogP contribution in [-0.4, -0.2) is 34.0 Å². The maximum atomic E-state index is 12.9. The first kappa shape index (κ1) is 17.3. The van der Waals surface area contributed by atoms with Crippen molar-refractivity contribution in [1.82, 2.24) is 14.5 Å². The molecule has 0 aliphatic heterocycles. The van der Waals surface area contributed by atoms with E-state index in [1.165, 1.54) is 29.4 Å².